The van der Waals surface area contributed by atoms with Crippen molar-refractivity contribution in [2.45, 2.75) is 13.8 Å². The first-order valence-corrected chi connectivity index (χ1v) is 3.55. The molecule has 1 rings (SSSR count). The molecule has 0 unspecified atom stereocenters. The number of aromatic nitrogens is 2. The molecule has 0 bridgehead atoms. The van der Waals surface area contributed by atoms with Gasteiger partial charge in [-0.25, -0.2) is 6.57 Å². The maximum Gasteiger partial charge on any atom is 0.327 e. The molecule has 1 aromatic rings. The minimum Gasteiger partial charge on any atom is -0.306 e. The molecule has 0 saturated carbocycles. The van der Waals surface area contributed by atoms with Crippen molar-refractivity contribution in [2.75, 3.05) is 6.54 Å². The number of carbonyl (C=O) groups excluding carboxylic acids is 1. The highest BCUT2D eigenvalue weighted by Crippen LogP contribution is 2.01. The summed E-state index contributed by atoms with van der Waals surface area (Å²) < 4.78 is 1.27. The van der Waals surface area contributed by atoms with Crippen molar-refractivity contribution in [2.24, 2.45) is 0 Å². The molecule has 4 heteroatoms. The Balaban J connectivity index is 2.96. The van der Waals surface area contributed by atoms with E-state index < -0.39 is 0 Å². The van der Waals surface area contributed by atoms with Gasteiger partial charge in [0.25, 0.3) is 6.54 Å². The standard InChI is InChI=1S/C8H9N3O/c1-6-4-7(2)11(10-6)8(12)5-9-3/h4H,5H2,1-2H3. The van der Waals surface area contributed by atoms with Crippen molar-refractivity contribution < 1.29 is 4.79 Å². The summed E-state index contributed by atoms with van der Waals surface area (Å²) in [6.45, 7) is 9.99. The predicted molar refractivity (Wildman–Crippen MR) is 43.8 cm³/mol. The Morgan fingerprint density at radius 3 is 2.83 bits per heavy atom. The first-order chi connectivity index (χ1) is 5.65. The molecule has 0 spiro atoms. The van der Waals surface area contributed by atoms with Crippen LogP contribution in [0.5, 0.6) is 0 Å². The zero-order valence-electron chi connectivity index (χ0n) is 7.03. The number of nitrogens with zero attached hydrogens (tertiary/aromatic N) is 3. The van der Waals surface area contributed by atoms with E-state index in [0.29, 0.717) is 0 Å². The van der Waals surface area contributed by atoms with Gasteiger partial charge in [0.05, 0.1) is 5.69 Å². The number of hydrogen-bond acceptors (Lipinski definition) is 2. The Morgan fingerprint density at radius 2 is 2.42 bits per heavy atom. The highest BCUT2D eigenvalue weighted by Gasteiger charge is 2.11. The van der Waals surface area contributed by atoms with Crippen LogP contribution in [0.25, 0.3) is 4.85 Å². The van der Waals surface area contributed by atoms with Crippen LogP contribution in [0.3, 0.4) is 0 Å². The quantitative estimate of drug-likeness (QED) is 0.581. The Bertz CT molecular complexity index is 346. The Labute approximate surface area is 70.6 Å². The SMILES string of the molecule is [C-]#[N+]CC(=O)n1nc(C)cc1C. The van der Waals surface area contributed by atoms with E-state index >= 15 is 0 Å². The van der Waals surface area contributed by atoms with Crippen LogP contribution >= 0.6 is 0 Å². The maximum atomic E-state index is 11.2. The fourth-order valence-electron chi connectivity index (χ4n) is 1.02. The number of hydrogen-bond donors (Lipinski definition) is 0. The van der Waals surface area contributed by atoms with E-state index in [1.165, 1.54) is 4.68 Å². The molecule has 12 heavy (non-hydrogen) atoms. The highest BCUT2D eigenvalue weighted by atomic mass is 16.2. The molecule has 0 aliphatic rings. The molecule has 62 valence electrons. The Hall–Kier alpha value is -1.63. The van der Waals surface area contributed by atoms with Crippen molar-refractivity contribution in [3.63, 3.8) is 0 Å². The lowest BCUT2D eigenvalue weighted by molar-refractivity contribution is 0.0914. The van der Waals surface area contributed by atoms with Crippen LogP contribution in [-0.4, -0.2) is 22.2 Å². The van der Waals surface area contributed by atoms with Gasteiger partial charge in [-0.2, -0.15) is 9.78 Å². The lowest BCUT2D eigenvalue weighted by atomic mass is 10.4. The van der Waals surface area contributed by atoms with E-state index in [1.54, 1.807) is 6.92 Å². The van der Waals surface area contributed by atoms with E-state index in [-0.39, 0.29) is 12.5 Å². The van der Waals surface area contributed by atoms with E-state index in [0.717, 1.165) is 11.4 Å². The minimum absolute atomic E-state index is 0.137. The number of rotatable bonds is 1. The molecule has 0 atom stereocenters. The topological polar surface area (TPSA) is 39.2 Å². The van der Waals surface area contributed by atoms with Crippen LogP contribution in [0.2, 0.25) is 0 Å². The van der Waals surface area contributed by atoms with Crippen LogP contribution in [0, 0.1) is 20.4 Å². The van der Waals surface area contributed by atoms with Gasteiger partial charge < -0.3 is 4.85 Å². The first kappa shape index (κ1) is 8.47. The molecule has 0 aromatic carbocycles. The second kappa shape index (κ2) is 3.18. The van der Waals surface area contributed by atoms with Gasteiger partial charge >= 0.3 is 5.91 Å². The van der Waals surface area contributed by atoms with Gasteiger partial charge in [-0.3, -0.25) is 4.79 Å². The summed E-state index contributed by atoms with van der Waals surface area (Å²) in [5.41, 5.74) is 1.58. The summed E-state index contributed by atoms with van der Waals surface area (Å²) in [6.07, 6.45) is 0. The first-order valence-electron chi connectivity index (χ1n) is 3.55. The second-order valence-corrected chi connectivity index (χ2v) is 2.55. The van der Waals surface area contributed by atoms with Crippen molar-refractivity contribution in [1.29, 1.82) is 0 Å². The summed E-state index contributed by atoms with van der Waals surface area (Å²) in [4.78, 5) is 14.2. The van der Waals surface area contributed by atoms with Crippen LogP contribution in [0.4, 0.5) is 0 Å². The monoisotopic (exact) mass is 163 g/mol. The third-order valence-corrected chi connectivity index (χ3v) is 1.46. The smallest absolute Gasteiger partial charge is 0.306 e. The van der Waals surface area contributed by atoms with Crippen LogP contribution in [0.1, 0.15) is 16.2 Å². The highest BCUT2D eigenvalue weighted by molar-refractivity contribution is 5.81. The lowest BCUT2D eigenvalue weighted by Gasteiger charge is -1.94. The fourth-order valence-corrected chi connectivity index (χ4v) is 1.02. The van der Waals surface area contributed by atoms with Gasteiger partial charge in [-0.1, -0.05) is 0 Å². The molecule has 0 fully saturated rings. The second-order valence-electron chi connectivity index (χ2n) is 2.55. The summed E-state index contributed by atoms with van der Waals surface area (Å²) in [7, 11) is 0. The normalized spacial score (nSPS) is 9.42. The summed E-state index contributed by atoms with van der Waals surface area (Å²) in [5, 5.41) is 3.95. The average molecular weight is 163 g/mol. The van der Waals surface area contributed by atoms with Gasteiger partial charge in [0, 0.05) is 5.69 Å². The minimum atomic E-state index is -0.268. The molecule has 1 aromatic heterocycles. The van der Waals surface area contributed by atoms with Crippen LogP contribution < -0.4 is 0 Å². The van der Waals surface area contributed by atoms with Crippen LogP contribution in [-0.2, 0) is 0 Å². The van der Waals surface area contributed by atoms with Gasteiger partial charge in [-0.15, -0.1) is 0 Å². The van der Waals surface area contributed by atoms with Crippen LogP contribution in [0.15, 0.2) is 6.07 Å². The number of aryl methyl sites for hydroxylation is 2. The zero-order valence-corrected chi connectivity index (χ0v) is 7.03. The zero-order chi connectivity index (χ0) is 9.14. The Morgan fingerprint density at radius 1 is 1.75 bits per heavy atom. The van der Waals surface area contributed by atoms with E-state index in [4.69, 9.17) is 6.57 Å². The lowest BCUT2D eigenvalue weighted by Crippen LogP contribution is -2.16. The van der Waals surface area contributed by atoms with Gasteiger partial charge in [0.15, 0.2) is 0 Å². The molecule has 4 nitrogen and oxygen atoms in total. The summed E-state index contributed by atoms with van der Waals surface area (Å²) in [6, 6.07) is 1.81. The van der Waals surface area contributed by atoms with Crippen molar-refractivity contribution in [3.8, 4) is 0 Å². The van der Waals surface area contributed by atoms with Crippen molar-refractivity contribution in [3.05, 3.63) is 28.9 Å². The molecule has 0 aliphatic carbocycles. The molecule has 1 heterocycles. The average Bonchev–Trinajstić information content (AvgIpc) is 2.30. The van der Waals surface area contributed by atoms with E-state index in [1.807, 2.05) is 13.0 Å². The largest absolute Gasteiger partial charge is 0.327 e. The molecule has 0 amide bonds. The third-order valence-electron chi connectivity index (χ3n) is 1.46. The molecule has 0 saturated heterocycles. The summed E-state index contributed by atoms with van der Waals surface area (Å²) >= 11 is 0. The molecule has 0 N–H and O–H groups in total. The third kappa shape index (κ3) is 1.51. The molecule has 0 aliphatic heterocycles. The van der Waals surface area contributed by atoms with Crippen molar-refractivity contribution in [1.82, 2.24) is 9.78 Å². The molecular formula is C8H9N3O. The predicted octanol–water partition coefficient (Wildman–Crippen LogP) is 1.06. The molecular weight excluding hydrogens is 154 g/mol. The fraction of sp³-hybridized carbons (Fsp3) is 0.375. The number of carbonyl (C=O) groups is 1. The Kier molecular flexibility index (Phi) is 2.24. The summed E-state index contributed by atoms with van der Waals surface area (Å²) in [5.74, 6) is -0.268. The van der Waals surface area contributed by atoms with Crippen molar-refractivity contribution >= 4 is 5.91 Å². The van der Waals surface area contributed by atoms with E-state index in [9.17, 15) is 4.79 Å². The molecule has 0 radical (unpaired) electrons. The van der Waals surface area contributed by atoms with E-state index in [2.05, 4.69) is 9.94 Å². The maximum absolute atomic E-state index is 11.2. The van der Waals surface area contributed by atoms with Gasteiger partial charge in [0.1, 0.15) is 0 Å². The van der Waals surface area contributed by atoms with Gasteiger partial charge in [-0.05, 0) is 19.9 Å². The van der Waals surface area contributed by atoms with Gasteiger partial charge in [0.2, 0.25) is 0 Å².